The zero-order valence-corrected chi connectivity index (χ0v) is 9.59. The Morgan fingerprint density at radius 3 is 2.63 bits per heavy atom. The second kappa shape index (κ2) is 5.12. The van der Waals surface area contributed by atoms with Crippen LogP contribution in [0.5, 0.6) is 0 Å². The average molecular weight is 282 g/mol. The predicted molar refractivity (Wildman–Crippen MR) is 55.8 cm³/mol. The highest BCUT2D eigenvalue weighted by Crippen LogP contribution is 2.28. The predicted octanol–water partition coefficient (Wildman–Crippen LogP) is 0.782. The molecule has 0 aliphatic carbocycles. The number of aliphatic carboxylic acids is 1. The molecule has 1 rings (SSSR count). The molecule has 19 heavy (non-hydrogen) atoms. The number of rotatable bonds is 5. The van der Waals surface area contributed by atoms with Crippen molar-refractivity contribution in [3.8, 4) is 0 Å². The van der Waals surface area contributed by atoms with Gasteiger partial charge in [-0.05, 0) is 9.91 Å². The van der Waals surface area contributed by atoms with E-state index in [-0.39, 0.29) is 0 Å². The number of hydrogen-bond donors (Lipinski definition) is 1. The van der Waals surface area contributed by atoms with E-state index in [1.165, 1.54) is 7.05 Å². The molecule has 1 aromatic rings. The van der Waals surface area contributed by atoms with E-state index in [0.29, 0.717) is 4.90 Å². The third kappa shape index (κ3) is 3.82. The number of nitrogens with zero attached hydrogens (tertiary/aromatic N) is 4. The van der Waals surface area contributed by atoms with Crippen LogP contribution in [0, 0.1) is 10.1 Å². The molecule has 0 fully saturated rings. The molecule has 0 aromatic carbocycles. The summed E-state index contributed by atoms with van der Waals surface area (Å²) in [7, 11) is 1.24. The average Bonchev–Trinajstić information content (AvgIpc) is 2.56. The summed E-state index contributed by atoms with van der Waals surface area (Å²) in [6, 6.07) is 0. The van der Waals surface area contributed by atoms with E-state index in [4.69, 9.17) is 5.11 Å². The van der Waals surface area contributed by atoms with Crippen molar-refractivity contribution in [2.45, 2.75) is 6.18 Å². The molecule has 0 bridgehead atoms. The van der Waals surface area contributed by atoms with Crippen molar-refractivity contribution >= 4 is 17.6 Å². The number of alkyl halides is 3. The Labute approximate surface area is 104 Å². The molecule has 0 saturated carbocycles. The molecule has 1 N–H and O–H groups in total. The van der Waals surface area contributed by atoms with Crippen molar-refractivity contribution in [1.29, 1.82) is 0 Å². The van der Waals surface area contributed by atoms with E-state index < -0.39 is 41.8 Å². The van der Waals surface area contributed by atoms with Gasteiger partial charge < -0.3 is 20.1 Å². The fraction of sp³-hybridized carbons (Fsp3) is 0.500. The van der Waals surface area contributed by atoms with Crippen molar-refractivity contribution < 1.29 is 28.0 Å². The highest BCUT2D eigenvalue weighted by molar-refractivity contribution is 5.74. The van der Waals surface area contributed by atoms with Crippen molar-refractivity contribution in [3.05, 3.63) is 16.4 Å². The summed E-state index contributed by atoms with van der Waals surface area (Å²) in [6.07, 6.45) is -3.76. The molecule has 0 amide bonds. The highest BCUT2D eigenvalue weighted by atomic mass is 19.4. The molecule has 0 saturated heterocycles. The van der Waals surface area contributed by atoms with E-state index >= 15 is 0 Å². The first kappa shape index (κ1) is 14.7. The normalized spacial score (nSPS) is 11.4. The van der Waals surface area contributed by atoms with Gasteiger partial charge in [-0.1, -0.05) is 0 Å². The maximum absolute atomic E-state index is 12.4. The van der Waals surface area contributed by atoms with Crippen LogP contribution in [0.2, 0.25) is 0 Å². The van der Waals surface area contributed by atoms with Crippen LogP contribution < -0.4 is 4.90 Å². The quantitative estimate of drug-likeness (QED) is 0.632. The number of nitro groups is 1. The maximum atomic E-state index is 12.4. The zero-order valence-electron chi connectivity index (χ0n) is 9.59. The molecule has 8 nitrogen and oxygen atoms in total. The largest absolute Gasteiger partial charge is 0.480 e. The molecule has 0 radical (unpaired) electrons. The first-order valence-corrected chi connectivity index (χ1v) is 4.81. The number of aromatic nitrogens is 2. The number of halogens is 3. The summed E-state index contributed by atoms with van der Waals surface area (Å²) in [4.78, 5) is 23.9. The maximum Gasteiger partial charge on any atom is 0.406 e. The van der Waals surface area contributed by atoms with E-state index in [1.807, 2.05) is 0 Å². The summed E-state index contributed by atoms with van der Waals surface area (Å²) < 4.78 is 38.1. The van der Waals surface area contributed by atoms with Crippen LogP contribution in [0.4, 0.5) is 24.8 Å². The minimum absolute atomic E-state index is 0.341. The SMILES string of the molecule is Cn1cnc([N+](=O)[O-])c1N(CC(=O)O)CC(F)(F)F. The topological polar surface area (TPSA) is 101 Å². The number of carboxylic acids is 1. The van der Waals surface area contributed by atoms with Crippen LogP contribution >= 0.6 is 0 Å². The first-order valence-electron chi connectivity index (χ1n) is 4.81. The number of carbonyl (C=O) groups is 1. The summed E-state index contributed by atoms with van der Waals surface area (Å²) >= 11 is 0. The lowest BCUT2D eigenvalue weighted by Gasteiger charge is -2.22. The number of anilines is 1. The molecular formula is C8H9F3N4O4. The molecule has 0 aliphatic heterocycles. The van der Waals surface area contributed by atoms with E-state index in [0.717, 1.165) is 10.9 Å². The third-order valence-electron chi connectivity index (χ3n) is 2.06. The van der Waals surface area contributed by atoms with E-state index in [9.17, 15) is 28.1 Å². The lowest BCUT2D eigenvalue weighted by atomic mass is 10.4. The Morgan fingerprint density at radius 1 is 1.63 bits per heavy atom. The summed E-state index contributed by atoms with van der Waals surface area (Å²) in [6.45, 7) is -2.65. The summed E-state index contributed by atoms with van der Waals surface area (Å²) in [5.74, 6) is -2.88. The van der Waals surface area contributed by atoms with Gasteiger partial charge in [0.1, 0.15) is 13.1 Å². The van der Waals surface area contributed by atoms with E-state index in [1.54, 1.807) is 0 Å². The van der Waals surface area contributed by atoms with Crippen molar-refractivity contribution in [2.24, 2.45) is 7.05 Å². The number of hydrogen-bond acceptors (Lipinski definition) is 5. The Kier molecular flexibility index (Phi) is 3.97. The van der Waals surface area contributed by atoms with Crippen molar-refractivity contribution in [1.82, 2.24) is 9.55 Å². The Bertz CT molecular complexity index is 499. The van der Waals surface area contributed by atoms with Crippen LogP contribution in [-0.2, 0) is 11.8 Å². The van der Waals surface area contributed by atoms with Crippen molar-refractivity contribution in [3.63, 3.8) is 0 Å². The molecule has 106 valence electrons. The van der Waals surface area contributed by atoms with Crippen LogP contribution in [0.15, 0.2) is 6.33 Å². The molecule has 1 aromatic heterocycles. The van der Waals surface area contributed by atoms with Crippen LogP contribution in [0.3, 0.4) is 0 Å². The van der Waals surface area contributed by atoms with Gasteiger partial charge in [-0.25, -0.2) is 0 Å². The molecular weight excluding hydrogens is 273 g/mol. The molecule has 0 aliphatic rings. The smallest absolute Gasteiger partial charge is 0.406 e. The van der Waals surface area contributed by atoms with Gasteiger partial charge in [0.15, 0.2) is 0 Å². The zero-order chi connectivity index (χ0) is 14.8. The fourth-order valence-electron chi connectivity index (χ4n) is 1.49. The minimum atomic E-state index is -4.70. The molecule has 0 unspecified atom stereocenters. The van der Waals surface area contributed by atoms with Crippen LogP contribution in [-0.4, -0.2) is 44.8 Å². The van der Waals surface area contributed by atoms with Crippen LogP contribution in [0.25, 0.3) is 0 Å². The Hall–Kier alpha value is -2.33. The molecule has 11 heteroatoms. The van der Waals surface area contributed by atoms with Gasteiger partial charge in [-0.2, -0.15) is 13.2 Å². The second-order valence-electron chi connectivity index (χ2n) is 3.62. The second-order valence-corrected chi connectivity index (χ2v) is 3.62. The standard InChI is InChI=1S/C8H9F3N4O4/c1-13-4-12-6(15(18)19)7(13)14(2-5(16)17)3-8(9,10)11/h4H,2-3H2,1H3,(H,16,17). The fourth-order valence-corrected chi connectivity index (χ4v) is 1.49. The van der Waals surface area contributed by atoms with Gasteiger partial charge in [0.25, 0.3) is 0 Å². The number of imidazole rings is 1. The van der Waals surface area contributed by atoms with E-state index in [2.05, 4.69) is 4.98 Å². The Morgan fingerprint density at radius 2 is 2.21 bits per heavy atom. The van der Waals surface area contributed by atoms with Gasteiger partial charge >= 0.3 is 18.0 Å². The highest BCUT2D eigenvalue weighted by Gasteiger charge is 2.36. The van der Waals surface area contributed by atoms with Gasteiger partial charge in [0.2, 0.25) is 12.1 Å². The number of carboxylic acid groups (broad SMARTS) is 1. The third-order valence-corrected chi connectivity index (χ3v) is 2.06. The monoisotopic (exact) mass is 282 g/mol. The van der Waals surface area contributed by atoms with Gasteiger partial charge in [-0.3, -0.25) is 9.36 Å². The number of aryl methyl sites for hydroxylation is 1. The Balaban J connectivity index is 3.20. The lowest BCUT2D eigenvalue weighted by Crippen LogP contribution is -2.39. The summed E-state index contributed by atoms with van der Waals surface area (Å²) in [5.41, 5.74) is 0. The van der Waals surface area contributed by atoms with Gasteiger partial charge in [0.05, 0.1) is 0 Å². The minimum Gasteiger partial charge on any atom is -0.480 e. The van der Waals surface area contributed by atoms with Gasteiger partial charge in [-0.15, -0.1) is 0 Å². The first-order chi connectivity index (χ1) is 8.61. The summed E-state index contributed by atoms with van der Waals surface area (Å²) in [5, 5.41) is 19.3. The van der Waals surface area contributed by atoms with Crippen molar-refractivity contribution in [2.75, 3.05) is 18.0 Å². The van der Waals surface area contributed by atoms with Gasteiger partial charge in [0, 0.05) is 7.05 Å². The molecule has 0 atom stereocenters. The lowest BCUT2D eigenvalue weighted by molar-refractivity contribution is -0.388. The van der Waals surface area contributed by atoms with Crippen LogP contribution in [0.1, 0.15) is 0 Å². The molecule has 1 heterocycles. The molecule has 0 spiro atoms.